The molecule has 1 amide bonds. The molecule has 5 heteroatoms. The van der Waals surface area contributed by atoms with Crippen LogP contribution in [-0.2, 0) is 4.74 Å². The first-order chi connectivity index (χ1) is 12.2. The zero-order chi connectivity index (χ0) is 16.9. The van der Waals surface area contributed by atoms with Gasteiger partial charge in [0.2, 0.25) is 0 Å². The SMILES string of the molecule is O=C(c1ccc2[nH]ccc2c1)N1CC2(CC(N3CCCCC3)CO2)C1. The molecule has 0 saturated carbocycles. The van der Waals surface area contributed by atoms with Crippen molar-refractivity contribution >= 4 is 16.8 Å². The number of rotatable bonds is 2. The van der Waals surface area contributed by atoms with Crippen molar-refractivity contribution in [1.82, 2.24) is 14.8 Å². The third-order valence-electron chi connectivity index (χ3n) is 6.14. The monoisotopic (exact) mass is 339 g/mol. The summed E-state index contributed by atoms with van der Waals surface area (Å²) in [6.45, 7) is 4.73. The van der Waals surface area contributed by atoms with Crippen LogP contribution in [-0.4, -0.2) is 65.1 Å². The molecular weight excluding hydrogens is 314 g/mol. The van der Waals surface area contributed by atoms with Crippen molar-refractivity contribution in [3.63, 3.8) is 0 Å². The number of likely N-dealkylation sites (tertiary alicyclic amines) is 2. The quantitative estimate of drug-likeness (QED) is 0.915. The lowest BCUT2D eigenvalue weighted by molar-refractivity contribution is -0.0950. The predicted octanol–water partition coefficient (Wildman–Crippen LogP) is 2.64. The number of fused-ring (bicyclic) bond motifs is 1. The summed E-state index contributed by atoms with van der Waals surface area (Å²) in [6, 6.07) is 8.43. The largest absolute Gasteiger partial charge is 0.370 e. The lowest BCUT2D eigenvalue weighted by atomic mass is 9.88. The minimum absolute atomic E-state index is 0.0873. The Kier molecular flexibility index (Phi) is 3.61. The van der Waals surface area contributed by atoms with E-state index in [2.05, 4.69) is 9.88 Å². The van der Waals surface area contributed by atoms with Crippen LogP contribution in [0.3, 0.4) is 0 Å². The second-order valence-electron chi connectivity index (χ2n) is 7.89. The van der Waals surface area contributed by atoms with Gasteiger partial charge in [0.05, 0.1) is 19.7 Å². The predicted molar refractivity (Wildman–Crippen MR) is 96.7 cm³/mol. The van der Waals surface area contributed by atoms with Crippen LogP contribution in [0.15, 0.2) is 30.5 Å². The summed E-state index contributed by atoms with van der Waals surface area (Å²) < 4.78 is 6.18. The standard InChI is InChI=1S/C20H25N3O2/c24-19(16-4-5-18-15(10-16)6-7-21-18)23-13-20(14-23)11-17(12-25-20)22-8-2-1-3-9-22/h4-7,10,17,21H,1-3,8-9,11-14H2. The number of nitrogens with one attached hydrogen (secondary N) is 1. The molecule has 1 N–H and O–H groups in total. The normalized spacial score (nSPS) is 26.2. The molecule has 1 spiro atoms. The highest BCUT2D eigenvalue weighted by atomic mass is 16.5. The number of hydrogen-bond acceptors (Lipinski definition) is 3. The maximum absolute atomic E-state index is 12.8. The molecule has 1 aromatic heterocycles. The van der Waals surface area contributed by atoms with Crippen LogP contribution >= 0.6 is 0 Å². The summed E-state index contributed by atoms with van der Waals surface area (Å²) in [6.07, 6.45) is 6.98. The zero-order valence-electron chi connectivity index (χ0n) is 14.5. The summed E-state index contributed by atoms with van der Waals surface area (Å²) in [7, 11) is 0. The number of ether oxygens (including phenoxy) is 1. The molecule has 5 rings (SSSR count). The number of H-pyrrole nitrogens is 1. The van der Waals surface area contributed by atoms with E-state index in [1.54, 1.807) is 0 Å². The van der Waals surface area contributed by atoms with E-state index < -0.39 is 0 Å². The van der Waals surface area contributed by atoms with E-state index in [0.717, 1.165) is 42.6 Å². The lowest BCUT2D eigenvalue weighted by Crippen LogP contribution is -2.63. The molecule has 0 bridgehead atoms. The van der Waals surface area contributed by atoms with E-state index in [0.29, 0.717) is 6.04 Å². The molecule has 1 aromatic carbocycles. The molecule has 3 aliphatic heterocycles. The Morgan fingerprint density at radius 1 is 1.16 bits per heavy atom. The Morgan fingerprint density at radius 3 is 2.84 bits per heavy atom. The molecule has 1 atom stereocenters. The molecule has 1 unspecified atom stereocenters. The van der Waals surface area contributed by atoms with Crippen LogP contribution in [0.25, 0.3) is 10.9 Å². The summed E-state index contributed by atoms with van der Waals surface area (Å²) in [5.74, 6) is 0.124. The van der Waals surface area contributed by atoms with Gasteiger partial charge in [0.15, 0.2) is 0 Å². The van der Waals surface area contributed by atoms with Crippen LogP contribution in [0.1, 0.15) is 36.0 Å². The first-order valence-corrected chi connectivity index (χ1v) is 9.47. The number of piperidine rings is 1. The van der Waals surface area contributed by atoms with Gasteiger partial charge in [-0.15, -0.1) is 0 Å². The van der Waals surface area contributed by atoms with Gasteiger partial charge in [-0.1, -0.05) is 6.42 Å². The molecule has 5 nitrogen and oxygen atoms in total. The first kappa shape index (κ1) is 15.4. The van der Waals surface area contributed by atoms with Crippen molar-refractivity contribution in [3.05, 3.63) is 36.0 Å². The van der Waals surface area contributed by atoms with Gasteiger partial charge >= 0.3 is 0 Å². The van der Waals surface area contributed by atoms with E-state index in [9.17, 15) is 4.79 Å². The zero-order valence-corrected chi connectivity index (χ0v) is 14.5. The minimum atomic E-state index is -0.0873. The summed E-state index contributed by atoms with van der Waals surface area (Å²) in [5, 5.41) is 1.09. The highest BCUT2D eigenvalue weighted by Crippen LogP contribution is 2.38. The molecule has 0 radical (unpaired) electrons. The van der Waals surface area contributed by atoms with Crippen molar-refractivity contribution < 1.29 is 9.53 Å². The van der Waals surface area contributed by atoms with Crippen LogP contribution in [0, 0.1) is 0 Å². The van der Waals surface area contributed by atoms with E-state index in [4.69, 9.17) is 4.74 Å². The molecule has 3 aliphatic rings. The van der Waals surface area contributed by atoms with Crippen molar-refractivity contribution in [2.75, 3.05) is 32.8 Å². The van der Waals surface area contributed by atoms with Crippen molar-refractivity contribution in [3.8, 4) is 0 Å². The molecule has 25 heavy (non-hydrogen) atoms. The third kappa shape index (κ3) is 2.66. The van der Waals surface area contributed by atoms with Crippen LogP contribution in [0.4, 0.5) is 0 Å². The lowest BCUT2D eigenvalue weighted by Gasteiger charge is -2.47. The number of carbonyl (C=O) groups is 1. The molecule has 2 aromatic rings. The number of nitrogens with zero attached hydrogens (tertiary/aromatic N) is 2. The maximum atomic E-state index is 12.8. The van der Waals surface area contributed by atoms with E-state index >= 15 is 0 Å². The number of amides is 1. The Balaban J connectivity index is 1.23. The summed E-state index contributed by atoms with van der Waals surface area (Å²) >= 11 is 0. The van der Waals surface area contributed by atoms with Gasteiger partial charge in [0.25, 0.3) is 5.91 Å². The summed E-state index contributed by atoms with van der Waals surface area (Å²) in [4.78, 5) is 20.5. The highest BCUT2D eigenvalue weighted by Gasteiger charge is 2.52. The third-order valence-corrected chi connectivity index (χ3v) is 6.14. The molecule has 132 valence electrons. The Hall–Kier alpha value is -1.85. The topological polar surface area (TPSA) is 48.6 Å². The number of benzene rings is 1. The number of aromatic amines is 1. The molecule has 4 heterocycles. The van der Waals surface area contributed by atoms with E-state index in [1.165, 1.54) is 32.4 Å². The molecule has 3 fully saturated rings. The fourth-order valence-corrected chi connectivity index (χ4v) is 4.72. The van der Waals surface area contributed by atoms with Crippen LogP contribution < -0.4 is 0 Å². The Morgan fingerprint density at radius 2 is 2.00 bits per heavy atom. The summed E-state index contributed by atoms with van der Waals surface area (Å²) in [5.41, 5.74) is 1.75. The highest BCUT2D eigenvalue weighted by molar-refractivity contribution is 5.98. The van der Waals surface area contributed by atoms with Crippen LogP contribution in [0.2, 0.25) is 0 Å². The van der Waals surface area contributed by atoms with Gasteiger partial charge < -0.3 is 14.6 Å². The van der Waals surface area contributed by atoms with Gasteiger partial charge in [0, 0.05) is 28.7 Å². The van der Waals surface area contributed by atoms with Crippen molar-refractivity contribution in [1.29, 1.82) is 0 Å². The minimum Gasteiger partial charge on any atom is -0.370 e. The average Bonchev–Trinajstić information content (AvgIpc) is 3.27. The van der Waals surface area contributed by atoms with Gasteiger partial charge in [0.1, 0.15) is 5.60 Å². The Bertz CT molecular complexity index is 787. The van der Waals surface area contributed by atoms with Gasteiger partial charge in [-0.2, -0.15) is 0 Å². The van der Waals surface area contributed by atoms with Crippen molar-refractivity contribution in [2.45, 2.75) is 37.3 Å². The van der Waals surface area contributed by atoms with Gasteiger partial charge in [-0.3, -0.25) is 9.69 Å². The fourth-order valence-electron chi connectivity index (χ4n) is 4.72. The Labute approximate surface area is 147 Å². The number of aromatic nitrogens is 1. The number of carbonyl (C=O) groups excluding carboxylic acids is 1. The number of hydrogen-bond donors (Lipinski definition) is 1. The fraction of sp³-hybridized carbons (Fsp3) is 0.550. The van der Waals surface area contributed by atoms with Crippen molar-refractivity contribution in [2.24, 2.45) is 0 Å². The van der Waals surface area contributed by atoms with E-state index in [1.807, 2.05) is 35.4 Å². The van der Waals surface area contributed by atoms with Crippen LogP contribution in [0.5, 0.6) is 0 Å². The van der Waals surface area contributed by atoms with Gasteiger partial charge in [-0.25, -0.2) is 0 Å². The average molecular weight is 339 g/mol. The molecule has 0 aliphatic carbocycles. The second-order valence-corrected chi connectivity index (χ2v) is 7.89. The molecule has 3 saturated heterocycles. The first-order valence-electron chi connectivity index (χ1n) is 9.47. The second kappa shape index (κ2) is 5.85. The maximum Gasteiger partial charge on any atom is 0.254 e. The smallest absolute Gasteiger partial charge is 0.254 e. The van der Waals surface area contributed by atoms with Gasteiger partial charge in [-0.05, 0) is 56.6 Å². The molecular formula is C20H25N3O2. The van der Waals surface area contributed by atoms with E-state index in [-0.39, 0.29) is 11.5 Å².